The number of thioether (sulfide) groups is 4. The quantitative estimate of drug-likeness (QED) is 0.00609. The van der Waals surface area contributed by atoms with Gasteiger partial charge in [0.1, 0.15) is 34.6 Å². The average Bonchev–Trinajstić information content (AvgIpc) is 1.59. The van der Waals surface area contributed by atoms with Crippen molar-refractivity contribution in [2.75, 3.05) is 144 Å². The molecule has 0 fully saturated rings. The first kappa shape index (κ1) is 79.2. The van der Waals surface area contributed by atoms with Crippen molar-refractivity contribution < 1.29 is 67.5 Å². The number of nitrogens with one attached hydrogen (secondary N) is 2. The molecule has 490 valence electrons. The number of carbonyl (C=O) groups is 1. The number of aromatic amines is 2. The van der Waals surface area contributed by atoms with Crippen LogP contribution in [-0.4, -0.2) is 190 Å². The van der Waals surface area contributed by atoms with Gasteiger partial charge in [-0.05, 0) is 236 Å². The van der Waals surface area contributed by atoms with Crippen molar-refractivity contribution >= 4 is 109 Å². The van der Waals surface area contributed by atoms with Crippen LogP contribution in [-0.2, 0) is 10.6 Å². The van der Waals surface area contributed by atoms with Gasteiger partial charge in [0.2, 0.25) is 0 Å². The number of aldehydes is 1. The molecule has 0 aliphatic carbocycles. The van der Waals surface area contributed by atoms with Gasteiger partial charge in [0.05, 0.1) is 70.8 Å². The molecule has 2 aromatic heterocycles. The summed E-state index contributed by atoms with van der Waals surface area (Å²) in [5.41, 5.74) is 26.9. The van der Waals surface area contributed by atoms with E-state index in [1.807, 2.05) is 74.5 Å². The Morgan fingerprint density at radius 3 is 1.32 bits per heavy atom. The van der Waals surface area contributed by atoms with Crippen LogP contribution in [0.5, 0.6) is 17.2 Å². The van der Waals surface area contributed by atoms with Crippen LogP contribution in [0.1, 0.15) is 48.6 Å². The van der Waals surface area contributed by atoms with E-state index in [2.05, 4.69) is 127 Å². The fraction of sp³-hybridized carbons (Fsp3) is 0.391. The van der Waals surface area contributed by atoms with Gasteiger partial charge in [-0.25, -0.2) is 9.97 Å². The fourth-order valence-corrected chi connectivity index (χ4v) is 12.3. The maximum absolute atomic E-state index is 10.6. The van der Waals surface area contributed by atoms with E-state index < -0.39 is 15.5 Å². The molecule has 27 heteroatoms. The van der Waals surface area contributed by atoms with Gasteiger partial charge in [0.25, 0.3) is 5.69 Å². The largest absolute Gasteiger partial charge is 1.00 e. The normalized spacial score (nSPS) is 10.8. The predicted molar refractivity (Wildman–Crippen MR) is 377 cm³/mol. The maximum atomic E-state index is 10.6. The number of nitro benzene ring substituents is 1. The van der Waals surface area contributed by atoms with Gasteiger partial charge >= 0.3 is 40.2 Å². The summed E-state index contributed by atoms with van der Waals surface area (Å²) in [6.45, 7) is 8.30. The minimum atomic E-state index is -3.11. The van der Waals surface area contributed by atoms with Crippen LogP contribution in [0.3, 0.4) is 0 Å². The molecule has 8 rings (SSSR count). The van der Waals surface area contributed by atoms with Crippen LogP contribution in [0, 0.1) is 24.0 Å². The number of H-pyrrole nitrogens is 2. The summed E-state index contributed by atoms with van der Waals surface area (Å²) in [5, 5.41) is 10.6. The van der Waals surface area contributed by atoms with E-state index in [0.29, 0.717) is 22.7 Å². The first-order chi connectivity index (χ1) is 42.9. The summed E-state index contributed by atoms with van der Waals surface area (Å²) in [6.07, 6.45) is 5.36. The number of aromatic nitrogens is 4. The van der Waals surface area contributed by atoms with Crippen molar-refractivity contribution in [3.05, 3.63) is 124 Å². The number of hydrogen-bond donors (Lipinski definition) is 5. The van der Waals surface area contributed by atoms with E-state index in [1.54, 1.807) is 50.2 Å². The predicted octanol–water partition coefficient (Wildman–Crippen LogP) is 9.23. The number of hydrogen-bond acceptors (Lipinski definition) is 22. The molecule has 0 unspecified atom stereocenters. The van der Waals surface area contributed by atoms with Crippen LogP contribution >= 0.6 is 47.0 Å². The van der Waals surface area contributed by atoms with Gasteiger partial charge in [0, 0.05) is 42.3 Å². The number of imidazole rings is 2. The van der Waals surface area contributed by atoms with Crippen LogP contribution in [0.15, 0.2) is 117 Å². The number of benzene rings is 6. The van der Waals surface area contributed by atoms with Crippen molar-refractivity contribution in [2.45, 2.75) is 59.1 Å². The monoisotopic (exact) mass is 1350 g/mol. The van der Waals surface area contributed by atoms with Gasteiger partial charge in [-0.1, -0.05) is 0 Å². The molecule has 8 aromatic rings. The van der Waals surface area contributed by atoms with Crippen molar-refractivity contribution in [3.63, 3.8) is 0 Å². The number of fused-ring (bicyclic) bond motifs is 2. The standard InChI is InChI=1S/C32H40N6OS2.C11H17N3O2S.C11H19N3S.C10H12O3.Na.O3S.H/c1-21-24(31-33-26-13-9-22(19-28(26)35-31)40-17-7-15-37(2)3)11-12-25(30(21)39-6)32-34-27-14-10-23(20-29(27)36-32)41-18-8-16-38(4)5;1-13(2)6-3-7-17-9-4-5-11(14(15)16)10(12)8-9;1-14(2)6-3-7-15-9-4-5-10(12)11(13)8-9;1-7-9(12-2)5-4-8(6-11)10(7)13-3;;1-4(2)3;/h9-14,19-20H,7-8,15-18H2,1-6H3,(H,33,35)(H,34,36);4-5,8H,3,6-7,12H2,1-2H3;4-5,8H,3,6-7,12-13H2,1-2H3;4-6H,1-3H3;;;/q;;;;+1;;-1. The van der Waals surface area contributed by atoms with Gasteiger partial charge < -0.3 is 62.4 Å². The van der Waals surface area contributed by atoms with Gasteiger partial charge in [-0.2, -0.15) is 0 Å². The van der Waals surface area contributed by atoms with E-state index in [-0.39, 0.29) is 42.4 Å². The number of nitrogens with zero attached hydrogens (tertiary/aromatic N) is 7. The van der Waals surface area contributed by atoms with Gasteiger partial charge in [-0.3, -0.25) is 14.9 Å². The molecule has 0 spiro atoms. The summed E-state index contributed by atoms with van der Waals surface area (Å²) >= 11 is 7.27. The molecule has 0 aliphatic heterocycles. The van der Waals surface area contributed by atoms with Crippen LogP contribution < -0.4 is 61.0 Å². The molecular weight excluding hydrogens is 1260 g/mol. The summed E-state index contributed by atoms with van der Waals surface area (Å²) in [5.74, 6) is 8.05. The smallest absolute Gasteiger partial charge is 1.00 e. The molecule has 21 nitrogen and oxygen atoms in total. The zero-order valence-electron chi connectivity index (χ0n) is 55.9. The Hall–Kier alpha value is -6.01. The Morgan fingerprint density at radius 1 is 0.538 bits per heavy atom. The Labute approximate surface area is 578 Å². The molecule has 91 heavy (non-hydrogen) atoms. The van der Waals surface area contributed by atoms with E-state index in [0.717, 1.165) is 147 Å². The molecule has 2 heterocycles. The van der Waals surface area contributed by atoms with E-state index in [1.165, 1.54) is 34.3 Å². The molecule has 0 atom stereocenters. The Kier molecular flexibility index (Phi) is 36.2. The molecule has 8 N–H and O–H groups in total. The molecular formula is C64H89N12NaO9S5. The number of ether oxygens (including phenoxy) is 3. The molecule has 0 bridgehead atoms. The summed E-state index contributed by atoms with van der Waals surface area (Å²) in [7, 11) is 18.5. The Balaban J connectivity index is 0.000000466. The third-order valence-electron chi connectivity index (χ3n) is 13.3. The third kappa shape index (κ3) is 27.2. The summed E-state index contributed by atoms with van der Waals surface area (Å²) < 4.78 is 41.5. The second-order valence-corrected chi connectivity index (χ2v) is 26.6. The van der Waals surface area contributed by atoms with Crippen molar-refractivity contribution in [1.29, 1.82) is 0 Å². The number of nitrogen functional groups attached to an aromatic ring is 3. The van der Waals surface area contributed by atoms with Crippen molar-refractivity contribution in [3.8, 4) is 40.0 Å². The van der Waals surface area contributed by atoms with E-state index >= 15 is 0 Å². The fourth-order valence-electron chi connectivity index (χ4n) is 8.80. The number of rotatable bonds is 27. The van der Waals surface area contributed by atoms with E-state index in [4.69, 9.17) is 54.0 Å². The zero-order chi connectivity index (χ0) is 66.5. The first-order valence-corrected chi connectivity index (χ1v) is 33.7. The van der Waals surface area contributed by atoms with Crippen LogP contribution in [0.4, 0.5) is 22.7 Å². The first-order valence-electron chi connectivity index (χ1n) is 28.8. The maximum Gasteiger partial charge on any atom is 1.00 e. The number of carbonyl (C=O) groups excluding carboxylic acids is 1. The molecule has 0 saturated carbocycles. The zero-order valence-corrected chi connectivity index (χ0v) is 61.0. The third-order valence-corrected chi connectivity index (χ3v) is 17.6. The average molecular weight is 1350 g/mol. The second-order valence-electron chi connectivity index (χ2n) is 21.5. The second kappa shape index (κ2) is 41.6. The molecule has 0 aliphatic rings. The van der Waals surface area contributed by atoms with Crippen molar-refractivity contribution in [1.82, 2.24) is 39.5 Å². The SMILES string of the molecule is CN(C)CCCSc1ccc(N)c(N)c1.CN(C)CCCSc1ccc([N+](=O)[O-])c(N)c1.COc1c(-c2nc3ccc(SCCCN(C)C)cc3[nH]2)ccc(-c2nc3ccc(SCCCN(C)C)cc3[nH]2)c1C.COc1ccc(C=O)c(OC)c1C.O=S(=O)=O.[H-].[Na+]. The van der Waals surface area contributed by atoms with Gasteiger partial charge in [0.15, 0.2) is 6.29 Å². The number of methoxy groups -OCH3 is 3. The minimum absolute atomic E-state index is 0. The number of anilines is 3. The molecule has 6 aromatic carbocycles. The Morgan fingerprint density at radius 2 is 0.934 bits per heavy atom. The summed E-state index contributed by atoms with van der Waals surface area (Å²) in [4.78, 5) is 51.1. The minimum Gasteiger partial charge on any atom is -1.00 e. The van der Waals surface area contributed by atoms with Crippen molar-refractivity contribution in [2.24, 2.45) is 0 Å². The number of nitro groups is 1. The molecule has 0 saturated heterocycles. The van der Waals surface area contributed by atoms with Crippen LogP contribution in [0.25, 0.3) is 44.8 Å². The van der Waals surface area contributed by atoms with Gasteiger partial charge in [-0.15, -0.1) is 59.7 Å². The van der Waals surface area contributed by atoms with E-state index in [9.17, 15) is 14.9 Å². The summed E-state index contributed by atoms with van der Waals surface area (Å²) in [6, 6.07) is 31.2. The topological polar surface area (TPSA) is 287 Å². The Bertz CT molecular complexity index is 3690. The molecule has 0 amide bonds. The van der Waals surface area contributed by atoms with Crippen LogP contribution in [0.2, 0.25) is 0 Å². The molecule has 0 radical (unpaired) electrons. The number of nitrogens with two attached hydrogens (primary N) is 3.